The molecule has 1 aromatic carbocycles. The number of carbonyl (C=O) groups is 2. The monoisotopic (exact) mass is 369 g/mol. The maximum absolute atomic E-state index is 12.2. The fraction of sp³-hybridized carbons (Fsp3) is 0.500. The summed E-state index contributed by atoms with van der Waals surface area (Å²) >= 11 is 0. The lowest BCUT2D eigenvalue weighted by molar-refractivity contribution is -0.125. The van der Waals surface area contributed by atoms with E-state index in [-0.39, 0.29) is 43.6 Å². The smallest absolute Gasteiger partial charge is 0.415 e. The lowest BCUT2D eigenvalue weighted by Gasteiger charge is -2.28. The highest BCUT2D eigenvalue weighted by atomic mass is 35.5. The standard InChI is InChI=1S/C16H19N3O5.ClH/c17-8-14-12-3-5-23-13-7-10(18-4-6-22-9-15(18)20)1-2-11(13)19(12)16(21)24-14;/h1-2,7,12,14H,3-6,8-9,17H2;1H/t12-,14-;/m0./s1. The molecule has 2 fully saturated rings. The van der Waals surface area contributed by atoms with Crippen LogP contribution in [0, 0.1) is 0 Å². The SMILES string of the molecule is Cl.NC[C@@H]1OC(=O)N2c3ccc(N4CCOCC4=O)cc3OCC[C@@H]12. The minimum atomic E-state index is -0.405. The van der Waals surface area contributed by atoms with E-state index in [4.69, 9.17) is 19.9 Å². The minimum absolute atomic E-state index is 0. The Balaban J connectivity index is 0.00000182. The number of cyclic esters (lactones) is 1. The van der Waals surface area contributed by atoms with E-state index in [1.54, 1.807) is 21.9 Å². The summed E-state index contributed by atoms with van der Waals surface area (Å²) in [6.45, 7) is 1.82. The zero-order chi connectivity index (χ0) is 16.7. The lowest BCUT2D eigenvalue weighted by Crippen LogP contribution is -2.41. The maximum atomic E-state index is 12.2. The summed E-state index contributed by atoms with van der Waals surface area (Å²) in [4.78, 5) is 27.5. The predicted octanol–water partition coefficient (Wildman–Crippen LogP) is 0.907. The van der Waals surface area contributed by atoms with Gasteiger partial charge in [0, 0.05) is 31.3 Å². The van der Waals surface area contributed by atoms with Gasteiger partial charge in [-0.15, -0.1) is 12.4 Å². The molecule has 1 aromatic rings. The first-order valence-electron chi connectivity index (χ1n) is 8.04. The average molecular weight is 370 g/mol. The van der Waals surface area contributed by atoms with Gasteiger partial charge in [-0.1, -0.05) is 0 Å². The summed E-state index contributed by atoms with van der Waals surface area (Å²) in [5.41, 5.74) is 7.10. The number of morpholine rings is 1. The van der Waals surface area contributed by atoms with Crippen molar-refractivity contribution >= 4 is 35.8 Å². The van der Waals surface area contributed by atoms with E-state index in [2.05, 4.69) is 0 Å². The Kier molecular flexibility index (Phi) is 5.03. The van der Waals surface area contributed by atoms with E-state index < -0.39 is 6.09 Å². The maximum Gasteiger partial charge on any atom is 0.415 e. The first-order valence-corrected chi connectivity index (χ1v) is 8.04. The third-order valence-corrected chi connectivity index (χ3v) is 4.61. The molecule has 25 heavy (non-hydrogen) atoms. The second-order valence-corrected chi connectivity index (χ2v) is 5.98. The molecule has 2 atom stereocenters. The number of carbonyl (C=O) groups excluding carboxylic acids is 2. The fourth-order valence-corrected chi connectivity index (χ4v) is 3.43. The van der Waals surface area contributed by atoms with Crippen LogP contribution in [0.15, 0.2) is 18.2 Å². The number of halogens is 1. The number of amides is 2. The Bertz CT molecular complexity index is 686. The molecule has 0 aromatic heterocycles. The van der Waals surface area contributed by atoms with Gasteiger partial charge in [0.05, 0.1) is 24.9 Å². The van der Waals surface area contributed by atoms with Crippen LogP contribution in [0.1, 0.15) is 6.42 Å². The summed E-state index contributed by atoms with van der Waals surface area (Å²) in [5, 5.41) is 0. The largest absolute Gasteiger partial charge is 0.491 e. The topological polar surface area (TPSA) is 94.3 Å². The van der Waals surface area contributed by atoms with E-state index >= 15 is 0 Å². The van der Waals surface area contributed by atoms with Gasteiger partial charge in [-0.3, -0.25) is 9.69 Å². The van der Waals surface area contributed by atoms with Gasteiger partial charge in [0.15, 0.2) is 0 Å². The normalized spacial score (nSPS) is 25.3. The zero-order valence-electron chi connectivity index (χ0n) is 13.6. The van der Waals surface area contributed by atoms with Crippen LogP contribution >= 0.6 is 12.4 Å². The Morgan fingerprint density at radius 2 is 2.08 bits per heavy atom. The highest BCUT2D eigenvalue weighted by Crippen LogP contribution is 2.40. The van der Waals surface area contributed by atoms with Crippen LogP contribution in [0.5, 0.6) is 5.75 Å². The Morgan fingerprint density at radius 1 is 1.24 bits per heavy atom. The van der Waals surface area contributed by atoms with E-state index in [9.17, 15) is 9.59 Å². The van der Waals surface area contributed by atoms with Crippen LogP contribution < -0.4 is 20.3 Å². The van der Waals surface area contributed by atoms with Crippen LogP contribution in [-0.4, -0.2) is 57.1 Å². The van der Waals surface area contributed by atoms with Crippen molar-refractivity contribution in [3.8, 4) is 5.75 Å². The number of nitrogens with zero attached hydrogens (tertiary/aromatic N) is 2. The van der Waals surface area contributed by atoms with Crippen LogP contribution in [0.2, 0.25) is 0 Å². The first-order chi connectivity index (χ1) is 11.7. The Hall–Kier alpha value is -2.03. The summed E-state index contributed by atoms with van der Waals surface area (Å²) in [6.07, 6.45) is -0.0846. The summed E-state index contributed by atoms with van der Waals surface area (Å²) < 4.78 is 16.3. The van der Waals surface area contributed by atoms with Crippen LogP contribution in [0.4, 0.5) is 16.2 Å². The summed E-state index contributed by atoms with van der Waals surface area (Å²) in [5.74, 6) is 0.486. The first kappa shape index (κ1) is 17.8. The molecule has 3 heterocycles. The quantitative estimate of drug-likeness (QED) is 0.832. The van der Waals surface area contributed by atoms with Crippen LogP contribution in [0.3, 0.4) is 0 Å². The molecule has 3 aliphatic rings. The van der Waals surface area contributed by atoms with Crippen molar-refractivity contribution in [1.29, 1.82) is 0 Å². The van der Waals surface area contributed by atoms with E-state index in [0.717, 1.165) is 5.69 Å². The van der Waals surface area contributed by atoms with E-state index in [1.807, 2.05) is 6.07 Å². The van der Waals surface area contributed by atoms with Crippen molar-refractivity contribution in [2.24, 2.45) is 5.73 Å². The molecule has 0 radical (unpaired) electrons. The number of ether oxygens (including phenoxy) is 3. The third kappa shape index (κ3) is 3.01. The molecule has 0 bridgehead atoms. The van der Waals surface area contributed by atoms with Crippen molar-refractivity contribution < 1.29 is 23.8 Å². The highest BCUT2D eigenvalue weighted by molar-refractivity contribution is 5.97. The molecule has 3 aliphatic heterocycles. The number of fused-ring (bicyclic) bond motifs is 3. The third-order valence-electron chi connectivity index (χ3n) is 4.61. The summed E-state index contributed by atoms with van der Waals surface area (Å²) in [6, 6.07) is 5.28. The van der Waals surface area contributed by atoms with Gasteiger partial charge in [0.2, 0.25) is 0 Å². The molecule has 2 amide bonds. The molecule has 8 nitrogen and oxygen atoms in total. The number of hydrogen-bond donors (Lipinski definition) is 1. The van der Waals surface area contributed by atoms with Gasteiger partial charge >= 0.3 is 6.09 Å². The average Bonchev–Trinajstić information content (AvgIpc) is 2.79. The van der Waals surface area contributed by atoms with Gasteiger partial charge in [-0.05, 0) is 12.1 Å². The second-order valence-electron chi connectivity index (χ2n) is 5.98. The molecule has 0 unspecified atom stereocenters. The predicted molar refractivity (Wildman–Crippen MR) is 92.6 cm³/mol. The van der Waals surface area contributed by atoms with Gasteiger partial charge in [-0.2, -0.15) is 0 Å². The van der Waals surface area contributed by atoms with E-state index in [0.29, 0.717) is 37.6 Å². The van der Waals surface area contributed by atoms with Gasteiger partial charge in [-0.25, -0.2) is 4.79 Å². The van der Waals surface area contributed by atoms with Gasteiger partial charge in [0.1, 0.15) is 18.5 Å². The van der Waals surface area contributed by atoms with Crippen molar-refractivity contribution in [1.82, 2.24) is 0 Å². The fourth-order valence-electron chi connectivity index (χ4n) is 3.43. The number of rotatable bonds is 2. The minimum Gasteiger partial charge on any atom is -0.491 e. The molecule has 9 heteroatoms. The molecular formula is C16H20ClN3O5. The summed E-state index contributed by atoms with van der Waals surface area (Å²) in [7, 11) is 0. The zero-order valence-corrected chi connectivity index (χ0v) is 14.4. The Labute approximate surface area is 151 Å². The van der Waals surface area contributed by atoms with E-state index in [1.165, 1.54) is 0 Å². The van der Waals surface area contributed by atoms with Gasteiger partial charge in [0.25, 0.3) is 5.91 Å². The molecule has 0 saturated carbocycles. The van der Waals surface area contributed by atoms with Crippen molar-refractivity contribution in [2.45, 2.75) is 18.6 Å². The molecule has 2 saturated heterocycles. The van der Waals surface area contributed by atoms with Crippen LogP contribution in [-0.2, 0) is 14.3 Å². The lowest BCUT2D eigenvalue weighted by atomic mass is 10.1. The number of nitrogens with two attached hydrogens (primary N) is 1. The van der Waals surface area contributed by atoms with Crippen molar-refractivity contribution in [3.63, 3.8) is 0 Å². The highest BCUT2D eigenvalue weighted by Gasteiger charge is 2.44. The van der Waals surface area contributed by atoms with Gasteiger partial charge < -0.3 is 24.8 Å². The molecular weight excluding hydrogens is 350 g/mol. The molecule has 4 rings (SSSR count). The molecule has 136 valence electrons. The van der Waals surface area contributed by atoms with Crippen LogP contribution in [0.25, 0.3) is 0 Å². The number of benzene rings is 1. The Morgan fingerprint density at radius 3 is 2.84 bits per heavy atom. The van der Waals surface area contributed by atoms with Crippen molar-refractivity contribution in [3.05, 3.63) is 18.2 Å². The second kappa shape index (κ2) is 7.07. The van der Waals surface area contributed by atoms with Crippen molar-refractivity contribution in [2.75, 3.05) is 42.7 Å². The number of hydrogen-bond acceptors (Lipinski definition) is 6. The molecule has 0 aliphatic carbocycles. The molecule has 0 spiro atoms. The molecule has 2 N–H and O–H groups in total. The number of anilines is 2.